The van der Waals surface area contributed by atoms with E-state index < -0.39 is 11.6 Å². The quantitative estimate of drug-likeness (QED) is 0.897. The molecule has 1 atom stereocenters. The third kappa shape index (κ3) is 3.38. The molecule has 0 bridgehead atoms. The summed E-state index contributed by atoms with van der Waals surface area (Å²) < 4.78 is 5.23. The first kappa shape index (κ1) is 16.0. The Morgan fingerprint density at radius 3 is 2.65 bits per heavy atom. The number of nitrogens with zero attached hydrogens (tertiary/aromatic N) is 2. The molecular weight excluding hydrogens is 318 g/mol. The van der Waals surface area contributed by atoms with Crippen molar-refractivity contribution in [2.45, 2.75) is 44.2 Å². The highest BCUT2D eigenvalue weighted by Gasteiger charge is 2.39. The number of carbonyl (C=O) groups excluding carboxylic acids is 1. The van der Waals surface area contributed by atoms with Crippen molar-refractivity contribution in [1.82, 2.24) is 15.5 Å². The molecule has 1 saturated carbocycles. The second-order valence-corrected chi connectivity index (χ2v) is 6.33. The third-order valence-corrected chi connectivity index (χ3v) is 4.37. The Bertz CT molecular complexity index is 693. The van der Waals surface area contributed by atoms with E-state index in [2.05, 4.69) is 15.5 Å². The lowest BCUT2D eigenvalue weighted by atomic mass is 10.0. The van der Waals surface area contributed by atoms with Crippen LogP contribution in [0.1, 0.15) is 44.5 Å². The van der Waals surface area contributed by atoms with E-state index in [0.717, 1.165) is 18.4 Å². The van der Waals surface area contributed by atoms with Crippen LogP contribution in [0.5, 0.6) is 0 Å². The molecule has 2 aromatic rings. The van der Waals surface area contributed by atoms with Gasteiger partial charge in [-0.1, -0.05) is 16.8 Å². The van der Waals surface area contributed by atoms with E-state index in [1.54, 1.807) is 31.2 Å². The van der Waals surface area contributed by atoms with Gasteiger partial charge in [0, 0.05) is 10.6 Å². The van der Waals surface area contributed by atoms with Gasteiger partial charge < -0.3 is 14.9 Å². The maximum Gasteiger partial charge on any atom is 0.257 e. The molecule has 1 aliphatic rings. The largest absolute Gasteiger partial charge is 0.380 e. The van der Waals surface area contributed by atoms with Gasteiger partial charge in [-0.2, -0.15) is 4.98 Å². The maximum absolute atomic E-state index is 12.2. The number of nitrogens with one attached hydrogen (secondary N) is 1. The monoisotopic (exact) mass is 335 g/mol. The molecule has 0 radical (unpaired) electrons. The molecule has 1 aromatic carbocycles. The number of hydrogen-bond donors (Lipinski definition) is 2. The second kappa shape index (κ2) is 6.29. The number of benzene rings is 1. The van der Waals surface area contributed by atoms with Crippen LogP contribution in [0.4, 0.5) is 0 Å². The van der Waals surface area contributed by atoms with Gasteiger partial charge in [-0.05, 0) is 56.9 Å². The van der Waals surface area contributed by atoms with E-state index in [0.29, 0.717) is 29.6 Å². The summed E-state index contributed by atoms with van der Waals surface area (Å²) in [5.41, 5.74) is -0.516. The van der Waals surface area contributed by atoms with Crippen LogP contribution in [-0.4, -0.2) is 26.8 Å². The SMILES string of the molecule is CC(NC(=O)C1(O)CCCC1)c1noc(-c2ccc(Cl)cc2)n1. The van der Waals surface area contributed by atoms with Crippen LogP contribution >= 0.6 is 11.6 Å². The standard InChI is InChI=1S/C16H18ClN3O3/c1-10(18-15(21)16(22)8-2-3-9-16)13-19-14(23-20-13)11-4-6-12(17)7-5-11/h4-7,10,22H,2-3,8-9H2,1H3,(H,18,21). The highest BCUT2D eigenvalue weighted by molar-refractivity contribution is 6.30. The van der Waals surface area contributed by atoms with E-state index in [-0.39, 0.29) is 5.91 Å². The molecule has 6 nitrogen and oxygen atoms in total. The lowest BCUT2D eigenvalue weighted by molar-refractivity contribution is -0.139. The van der Waals surface area contributed by atoms with Crippen LogP contribution in [-0.2, 0) is 4.79 Å². The molecule has 0 spiro atoms. The first-order valence-corrected chi connectivity index (χ1v) is 7.99. The summed E-state index contributed by atoms with van der Waals surface area (Å²) >= 11 is 5.85. The van der Waals surface area contributed by atoms with Crippen LogP contribution in [0.3, 0.4) is 0 Å². The van der Waals surface area contributed by atoms with Gasteiger partial charge in [-0.15, -0.1) is 0 Å². The predicted octanol–water partition coefficient (Wildman–Crippen LogP) is 2.87. The molecule has 1 aromatic heterocycles. The van der Waals surface area contributed by atoms with Gasteiger partial charge in [0.1, 0.15) is 5.60 Å². The number of aliphatic hydroxyl groups is 1. The fraction of sp³-hybridized carbons (Fsp3) is 0.438. The van der Waals surface area contributed by atoms with Crippen molar-refractivity contribution in [3.63, 3.8) is 0 Å². The normalized spacial score (nSPS) is 17.9. The number of rotatable bonds is 4. The Kier molecular flexibility index (Phi) is 4.37. The predicted molar refractivity (Wildman–Crippen MR) is 84.7 cm³/mol. The molecule has 1 fully saturated rings. The average molecular weight is 336 g/mol. The first-order chi connectivity index (χ1) is 11.0. The summed E-state index contributed by atoms with van der Waals surface area (Å²) in [5, 5.41) is 17.6. The molecule has 1 unspecified atom stereocenters. The van der Waals surface area contributed by atoms with Crippen LogP contribution in [0.15, 0.2) is 28.8 Å². The number of aromatic nitrogens is 2. The van der Waals surface area contributed by atoms with E-state index >= 15 is 0 Å². The fourth-order valence-electron chi connectivity index (χ4n) is 2.70. The second-order valence-electron chi connectivity index (χ2n) is 5.90. The van der Waals surface area contributed by atoms with E-state index in [1.807, 2.05) is 0 Å². The van der Waals surface area contributed by atoms with Crippen LogP contribution in [0.2, 0.25) is 5.02 Å². The summed E-state index contributed by atoms with van der Waals surface area (Å²) in [6.45, 7) is 1.76. The van der Waals surface area contributed by atoms with Crippen molar-refractivity contribution in [1.29, 1.82) is 0 Å². The van der Waals surface area contributed by atoms with Crippen molar-refractivity contribution >= 4 is 17.5 Å². The topological polar surface area (TPSA) is 88.2 Å². The Balaban J connectivity index is 1.70. The number of amides is 1. The first-order valence-electron chi connectivity index (χ1n) is 7.61. The van der Waals surface area contributed by atoms with E-state index in [4.69, 9.17) is 16.1 Å². The summed E-state index contributed by atoms with van der Waals surface area (Å²) in [7, 11) is 0. The Labute approximate surface area is 138 Å². The summed E-state index contributed by atoms with van der Waals surface area (Å²) in [6.07, 6.45) is 2.71. The highest BCUT2D eigenvalue weighted by atomic mass is 35.5. The molecule has 0 aliphatic heterocycles. The van der Waals surface area contributed by atoms with Crippen LogP contribution in [0, 0.1) is 0 Å². The van der Waals surface area contributed by atoms with Gasteiger partial charge in [-0.25, -0.2) is 0 Å². The van der Waals surface area contributed by atoms with Crippen molar-refractivity contribution in [2.75, 3.05) is 0 Å². The summed E-state index contributed by atoms with van der Waals surface area (Å²) in [5.74, 6) is 0.350. The summed E-state index contributed by atoms with van der Waals surface area (Å²) in [4.78, 5) is 16.5. The van der Waals surface area contributed by atoms with Gasteiger partial charge >= 0.3 is 0 Å². The lowest BCUT2D eigenvalue weighted by Crippen LogP contribution is -2.45. The Morgan fingerprint density at radius 1 is 1.35 bits per heavy atom. The van der Waals surface area contributed by atoms with E-state index in [1.165, 1.54) is 0 Å². The molecule has 2 N–H and O–H groups in total. The summed E-state index contributed by atoms with van der Waals surface area (Å²) in [6, 6.07) is 6.59. The average Bonchev–Trinajstić information content (AvgIpc) is 3.18. The van der Waals surface area contributed by atoms with Crippen molar-refractivity contribution in [2.24, 2.45) is 0 Å². The van der Waals surface area contributed by atoms with Gasteiger partial charge in [0.2, 0.25) is 0 Å². The Hall–Kier alpha value is -1.92. The molecule has 0 saturated heterocycles. The molecule has 1 amide bonds. The number of hydrogen-bond acceptors (Lipinski definition) is 5. The van der Waals surface area contributed by atoms with Crippen LogP contribution in [0.25, 0.3) is 11.5 Å². The smallest absolute Gasteiger partial charge is 0.257 e. The molecule has 122 valence electrons. The zero-order valence-electron chi connectivity index (χ0n) is 12.8. The Morgan fingerprint density at radius 2 is 2.00 bits per heavy atom. The van der Waals surface area contributed by atoms with Gasteiger partial charge in [0.25, 0.3) is 11.8 Å². The van der Waals surface area contributed by atoms with Crippen molar-refractivity contribution in [3.8, 4) is 11.5 Å². The van der Waals surface area contributed by atoms with Crippen LogP contribution < -0.4 is 5.32 Å². The molecule has 23 heavy (non-hydrogen) atoms. The van der Waals surface area contributed by atoms with Gasteiger partial charge in [0.05, 0.1) is 6.04 Å². The molecule has 3 rings (SSSR count). The minimum atomic E-state index is -1.27. The molecule has 1 heterocycles. The minimum absolute atomic E-state index is 0.359. The van der Waals surface area contributed by atoms with Crippen molar-refractivity contribution in [3.05, 3.63) is 35.1 Å². The minimum Gasteiger partial charge on any atom is -0.380 e. The third-order valence-electron chi connectivity index (χ3n) is 4.12. The number of carbonyl (C=O) groups is 1. The highest BCUT2D eigenvalue weighted by Crippen LogP contribution is 2.30. The fourth-order valence-corrected chi connectivity index (χ4v) is 2.83. The van der Waals surface area contributed by atoms with Gasteiger partial charge in [-0.3, -0.25) is 4.79 Å². The zero-order valence-corrected chi connectivity index (χ0v) is 13.5. The van der Waals surface area contributed by atoms with Gasteiger partial charge in [0.15, 0.2) is 5.82 Å². The zero-order chi connectivity index (χ0) is 16.4. The molecular formula is C16H18ClN3O3. The lowest BCUT2D eigenvalue weighted by Gasteiger charge is -2.22. The van der Waals surface area contributed by atoms with E-state index in [9.17, 15) is 9.90 Å². The molecule has 1 aliphatic carbocycles. The molecule has 7 heteroatoms. The maximum atomic E-state index is 12.2. The number of halogens is 1. The van der Waals surface area contributed by atoms with Crippen molar-refractivity contribution < 1.29 is 14.4 Å².